The predicted molar refractivity (Wildman–Crippen MR) is 76.5 cm³/mol. The molecule has 1 saturated carbocycles. The third kappa shape index (κ3) is 3.77. The van der Waals surface area contributed by atoms with Gasteiger partial charge >= 0.3 is 0 Å². The van der Waals surface area contributed by atoms with Crippen LogP contribution in [-0.2, 0) is 16.6 Å². The molecular formula is C14H21FN2O2S. The molecule has 1 fully saturated rings. The van der Waals surface area contributed by atoms with E-state index in [0.717, 1.165) is 12.8 Å². The molecule has 0 amide bonds. The molecule has 0 aliphatic heterocycles. The zero-order valence-electron chi connectivity index (χ0n) is 11.9. The Morgan fingerprint density at radius 2 is 2.05 bits per heavy atom. The quantitative estimate of drug-likeness (QED) is 0.810. The van der Waals surface area contributed by atoms with Gasteiger partial charge in [0.2, 0.25) is 10.0 Å². The maximum atomic E-state index is 13.9. The Hall–Kier alpha value is -0.980. The summed E-state index contributed by atoms with van der Waals surface area (Å²) < 4.78 is 40.7. The summed E-state index contributed by atoms with van der Waals surface area (Å²) in [5.74, 6) is -0.475. The summed E-state index contributed by atoms with van der Waals surface area (Å²) in [5, 5.41) is 3.26. The van der Waals surface area contributed by atoms with E-state index >= 15 is 0 Å². The van der Waals surface area contributed by atoms with Crippen LogP contribution in [0.15, 0.2) is 17.0 Å². The SMILES string of the molecule is CCCNS(=O)(=O)c1cc(CNC2CC2)cc(F)c1C. The molecule has 1 aliphatic rings. The third-order valence-electron chi connectivity index (χ3n) is 3.36. The van der Waals surface area contributed by atoms with E-state index in [1.807, 2.05) is 6.92 Å². The van der Waals surface area contributed by atoms with Crippen LogP contribution in [0.1, 0.15) is 37.3 Å². The highest BCUT2D eigenvalue weighted by atomic mass is 32.2. The van der Waals surface area contributed by atoms with Gasteiger partial charge in [-0.05, 0) is 43.9 Å². The van der Waals surface area contributed by atoms with Gasteiger partial charge in [-0.2, -0.15) is 0 Å². The lowest BCUT2D eigenvalue weighted by atomic mass is 10.1. The molecule has 0 bridgehead atoms. The molecular weight excluding hydrogens is 279 g/mol. The average molecular weight is 300 g/mol. The minimum Gasteiger partial charge on any atom is -0.310 e. The van der Waals surface area contributed by atoms with Crippen LogP contribution in [0.4, 0.5) is 4.39 Å². The first kappa shape index (κ1) is 15.4. The number of sulfonamides is 1. The fourth-order valence-corrected chi connectivity index (χ4v) is 3.39. The molecule has 0 heterocycles. The van der Waals surface area contributed by atoms with Gasteiger partial charge in [0, 0.05) is 24.7 Å². The fraction of sp³-hybridized carbons (Fsp3) is 0.571. The van der Waals surface area contributed by atoms with Crippen molar-refractivity contribution in [2.24, 2.45) is 0 Å². The highest BCUT2D eigenvalue weighted by Gasteiger charge is 2.22. The van der Waals surface area contributed by atoms with Gasteiger partial charge in [-0.3, -0.25) is 0 Å². The lowest BCUT2D eigenvalue weighted by molar-refractivity contribution is 0.572. The number of hydrogen-bond acceptors (Lipinski definition) is 3. The largest absolute Gasteiger partial charge is 0.310 e. The molecule has 2 rings (SSSR count). The van der Waals surface area contributed by atoms with E-state index in [4.69, 9.17) is 0 Å². The molecule has 1 aliphatic carbocycles. The van der Waals surface area contributed by atoms with Crippen molar-refractivity contribution < 1.29 is 12.8 Å². The van der Waals surface area contributed by atoms with Crippen LogP contribution in [0.2, 0.25) is 0 Å². The van der Waals surface area contributed by atoms with Crippen molar-refractivity contribution >= 4 is 10.0 Å². The van der Waals surface area contributed by atoms with E-state index in [-0.39, 0.29) is 10.5 Å². The molecule has 0 unspecified atom stereocenters. The van der Waals surface area contributed by atoms with Crippen LogP contribution in [0, 0.1) is 12.7 Å². The van der Waals surface area contributed by atoms with Crippen LogP contribution in [0.3, 0.4) is 0 Å². The first-order valence-corrected chi connectivity index (χ1v) is 8.44. The lowest BCUT2D eigenvalue weighted by Crippen LogP contribution is -2.26. The van der Waals surface area contributed by atoms with Crippen molar-refractivity contribution in [1.82, 2.24) is 10.0 Å². The number of halogens is 1. The van der Waals surface area contributed by atoms with Crippen LogP contribution in [0.5, 0.6) is 0 Å². The monoisotopic (exact) mass is 300 g/mol. The molecule has 0 atom stereocenters. The molecule has 0 spiro atoms. The molecule has 0 radical (unpaired) electrons. The van der Waals surface area contributed by atoms with E-state index in [1.54, 1.807) is 6.07 Å². The molecule has 20 heavy (non-hydrogen) atoms. The van der Waals surface area contributed by atoms with E-state index < -0.39 is 15.8 Å². The summed E-state index contributed by atoms with van der Waals surface area (Å²) >= 11 is 0. The third-order valence-corrected chi connectivity index (χ3v) is 4.95. The summed E-state index contributed by atoms with van der Waals surface area (Å²) in [5.41, 5.74) is 0.834. The van der Waals surface area contributed by atoms with Crippen LogP contribution in [-0.4, -0.2) is 21.0 Å². The highest BCUT2D eigenvalue weighted by Crippen LogP contribution is 2.23. The van der Waals surface area contributed by atoms with Crippen molar-refractivity contribution in [3.8, 4) is 0 Å². The van der Waals surface area contributed by atoms with Crippen molar-refractivity contribution in [3.05, 3.63) is 29.1 Å². The summed E-state index contributed by atoms with van der Waals surface area (Å²) in [7, 11) is -3.64. The number of nitrogens with one attached hydrogen (secondary N) is 2. The van der Waals surface area contributed by atoms with Gasteiger partial charge < -0.3 is 5.32 Å². The Morgan fingerprint density at radius 3 is 2.65 bits per heavy atom. The summed E-state index contributed by atoms with van der Waals surface area (Å²) in [6.07, 6.45) is 2.97. The smallest absolute Gasteiger partial charge is 0.240 e. The Morgan fingerprint density at radius 1 is 1.35 bits per heavy atom. The number of benzene rings is 1. The zero-order chi connectivity index (χ0) is 14.8. The van der Waals surface area contributed by atoms with E-state index in [1.165, 1.54) is 13.0 Å². The van der Waals surface area contributed by atoms with Gasteiger partial charge in [-0.1, -0.05) is 6.92 Å². The van der Waals surface area contributed by atoms with Crippen molar-refractivity contribution in [2.75, 3.05) is 6.54 Å². The van der Waals surface area contributed by atoms with Gasteiger partial charge in [0.1, 0.15) is 5.82 Å². The van der Waals surface area contributed by atoms with Gasteiger partial charge in [-0.15, -0.1) is 0 Å². The fourth-order valence-electron chi connectivity index (χ4n) is 1.95. The topological polar surface area (TPSA) is 58.2 Å². The van der Waals surface area contributed by atoms with Crippen molar-refractivity contribution in [2.45, 2.75) is 50.6 Å². The molecule has 6 heteroatoms. The minimum absolute atomic E-state index is 0.0403. The first-order chi connectivity index (χ1) is 9.44. The Kier molecular flexibility index (Phi) is 4.78. The number of hydrogen-bond donors (Lipinski definition) is 2. The van der Waals surface area contributed by atoms with E-state index in [0.29, 0.717) is 31.1 Å². The maximum absolute atomic E-state index is 13.9. The highest BCUT2D eigenvalue weighted by molar-refractivity contribution is 7.89. The molecule has 4 nitrogen and oxygen atoms in total. The van der Waals surface area contributed by atoms with E-state index in [9.17, 15) is 12.8 Å². The second-order valence-corrected chi connectivity index (χ2v) is 6.99. The summed E-state index contributed by atoms with van der Waals surface area (Å²) in [4.78, 5) is 0.0403. The summed E-state index contributed by atoms with van der Waals surface area (Å²) in [6.45, 7) is 4.23. The van der Waals surface area contributed by atoms with Gasteiger partial charge in [0.15, 0.2) is 0 Å². The predicted octanol–water partition coefficient (Wildman–Crippen LogP) is 2.07. The van der Waals surface area contributed by atoms with E-state index in [2.05, 4.69) is 10.0 Å². The zero-order valence-corrected chi connectivity index (χ0v) is 12.7. The van der Waals surface area contributed by atoms with Crippen molar-refractivity contribution in [1.29, 1.82) is 0 Å². The summed E-state index contributed by atoms with van der Waals surface area (Å²) in [6, 6.07) is 3.47. The van der Waals surface area contributed by atoms with Crippen LogP contribution >= 0.6 is 0 Å². The first-order valence-electron chi connectivity index (χ1n) is 6.96. The normalized spacial score (nSPS) is 15.6. The van der Waals surface area contributed by atoms with Gasteiger partial charge in [0.05, 0.1) is 4.90 Å². The Bertz CT molecular complexity index is 583. The molecule has 112 valence electrons. The Balaban J connectivity index is 2.25. The lowest BCUT2D eigenvalue weighted by Gasteiger charge is -2.12. The van der Waals surface area contributed by atoms with Crippen LogP contribution in [0.25, 0.3) is 0 Å². The minimum atomic E-state index is -3.64. The molecule has 0 saturated heterocycles. The molecule has 1 aromatic rings. The second-order valence-electron chi connectivity index (χ2n) is 5.25. The van der Waals surface area contributed by atoms with Crippen molar-refractivity contribution in [3.63, 3.8) is 0 Å². The van der Waals surface area contributed by atoms with Gasteiger partial charge in [-0.25, -0.2) is 17.5 Å². The average Bonchev–Trinajstić information content (AvgIpc) is 3.21. The molecule has 1 aromatic carbocycles. The van der Waals surface area contributed by atoms with Crippen LogP contribution < -0.4 is 10.0 Å². The molecule has 2 N–H and O–H groups in total. The standard InChI is InChI=1S/C14H21FN2O2S/c1-3-6-17-20(18,19)14-8-11(7-13(15)10(14)2)9-16-12-4-5-12/h7-8,12,16-17H,3-6,9H2,1-2H3. The van der Waals surface area contributed by atoms with Gasteiger partial charge in [0.25, 0.3) is 0 Å². The molecule has 0 aromatic heterocycles. The maximum Gasteiger partial charge on any atom is 0.240 e. The second kappa shape index (κ2) is 6.20. The Labute approximate surface area is 119 Å². The number of rotatable bonds is 7.